The first-order valence-corrected chi connectivity index (χ1v) is 5.56. The molecule has 0 bridgehead atoms. The number of ether oxygens (including phenoxy) is 1. The molecule has 0 spiro atoms. The minimum absolute atomic E-state index is 0.317. The predicted molar refractivity (Wildman–Crippen MR) is 58.4 cm³/mol. The van der Waals surface area contributed by atoms with Crippen LogP contribution in [0.5, 0.6) is 0 Å². The number of nitrogens with one attached hydrogen (secondary N) is 1. The molecule has 1 fully saturated rings. The summed E-state index contributed by atoms with van der Waals surface area (Å²) in [6, 6.07) is 3.84. The smallest absolute Gasteiger partial charge is 0.160 e. The van der Waals surface area contributed by atoms with E-state index in [1.165, 1.54) is 12.1 Å². The Morgan fingerprint density at radius 3 is 2.88 bits per heavy atom. The van der Waals surface area contributed by atoms with E-state index in [-0.39, 0.29) is 0 Å². The summed E-state index contributed by atoms with van der Waals surface area (Å²) in [5.41, 5.74) is 0.608. The number of hydrogen-bond donors (Lipinski definition) is 1. The summed E-state index contributed by atoms with van der Waals surface area (Å²) >= 11 is 0. The van der Waals surface area contributed by atoms with E-state index >= 15 is 0 Å². The molecule has 1 heterocycles. The second kappa shape index (κ2) is 5.25. The van der Waals surface area contributed by atoms with Gasteiger partial charge in [-0.15, -0.1) is 0 Å². The number of hydrogen-bond acceptors (Lipinski definition) is 2. The van der Waals surface area contributed by atoms with Crippen LogP contribution in [0.3, 0.4) is 0 Å². The van der Waals surface area contributed by atoms with Crippen molar-refractivity contribution in [1.29, 1.82) is 0 Å². The van der Waals surface area contributed by atoms with Gasteiger partial charge < -0.3 is 10.1 Å². The fourth-order valence-corrected chi connectivity index (χ4v) is 1.86. The van der Waals surface area contributed by atoms with Crippen LogP contribution in [0.4, 0.5) is 14.5 Å². The molecule has 1 aliphatic rings. The number of halogens is 2. The predicted octanol–water partition coefficient (Wildman–Crippen LogP) is 2.95. The maximum atomic E-state index is 12.9. The van der Waals surface area contributed by atoms with Gasteiger partial charge in [-0.3, -0.25) is 0 Å². The third-order valence-corrected chi connectivity index (χ3v) is 2.74. The van der Waals surface area contributed by atoms with Gasteiger partial charge in [0.1, 0.15) is 0 Å². The molecule has 2 nitrogen and oxygen atoms in total. The Balaban J connectivity index is 1.78. The standard InChI is InChI=1S/C12H15F2NO/c13-11-4-3-9(8-12(11)14)15-6-5-10-2-1-7-16-10/h3-4,8,10,15H,1-2,5-7H2. The normalized spacial score (nSPS) is 20.0. The van der Waals surface area contributed by atoms with Gasteiger partial charge in [-0.05, 0) is 37.5 Å². The van der Waals surface area contributed by atoms with E-state index in [0.29, 0.717) is 11.8 Å². The van der Waals surface area contributed by atoms with Gasteiger partial charge in [-0.25, -0.2) is 8.78 Å². The van der Waals surface area contributed by atoms with E-state index in [0.717, 1.165) is 38.5 Å². The zero-order valence-electron chi connectivity index (χ0n) is 9.01. The van der Waals surface area contributed by atoms with Gasteiger partial charge in [0.25, 0.3) is 0 Å². The first-order chi connectivity index (χ1) is 7.75. The van der Waals surface area contributed by atoms with E-state index in [9.17, 15) is 8.78 Å². The van der Waals surface area contributed by atoms with Crippen molar-refractivity contribution in [3.8, 4) is 0 Å². The van der Waals surface area contributed by atoms with Crippen LogP contribution in [0.2, 0.25) is 0 Å². The Bertz CT molecular complexity index is 351. The van der Waals surface area contributed by atoms with Gasteiger partial charge in [0.15, 0.2) is 11.6 Å². The largest absolute Gasteiger partial charge is 0.385 e. The third kappa shape index (κ3) is 2.92. The van der Waals surface area contributed by atoms with Crippen LogP contribution in [0, 0.1) is 11.6 Å². The van der Waals surface area contributed by atoms with Crippen LogP contribution in [0.15, 0.2) is 18.2 Å². The summed E-state index contributed by atoms with van der Waals surface area (Å²) < 4.78 is 31.0. The second-order valence-electron chi connectivity index (χ2n) is 3.98. The Hall–Kier alpha value is -1.16. The van der Waals surface area contributed by atoms with Crippen LogP contribution < -0.4 is 5.32 Å². The molecule has 2 rings (SSSR count). The summed E-state index contributed by atoms with van der Waals surface area (Å²) in [6.45, 7) is 1.56. The maximum absolute atomic E-state index is 12.9. The molecule has 1 aliphatic heterocycles. The molecule has 1 aromatic rings. The summed E-state index contributed by atoms with van der Waals surface area (Å²) in [6.07, 6.45) is 3.44. The van der Waals surface area contributed by atoms with Crippen molar-refractivity contribution in [3.05, 3.63) is 29.8 Å². The molecule has 0 aromatic heterocycles. The van der Waals surface area contributed by atoms with Gasteiger partial charge in [0, 0.05) is 18.8 Å². The van der Waals surface area contributed by atoms with Crippen LogP contribution in [0.1, 0.15) is 19.3 Å². The van der Waals surface area contributed by atoms with E-state index < -0.39 is 11.6 Å². The van der Waals surface area contributed by atoms with Crippen molar-refractivity contribution in [2.75, 3.05) is 18.5 Å². The monoisotopic (exact) mass is 227 g/mol. The van der Waals surface area contributed by atoms with Crippen molar-refractivity contribution < 1.29 is 13.5 Å². The van der Waals surface area contributed by atoms with E-state index in [4.69, 9.17) is 4.74 Å². The van der Waals surface area contributed by atoms with E-state index in [1.54, 1.807) is 0 Å². The Labute approximate surface area is 93.6 Å². The molecule has 1 N–H and O–H groups in total. The highest BCUT2D eigenvalue weighted by Gasteiger charge is 2.14. The first kappa shape index (κ1) is 11.3. The van der Waals surface area contributed by atoms with Crippen LogP contribution >= 0.6 is 0 Å². The second-order valence-corrected chi connectivity index (χ2v) is 3.98. The summed E-state index contributed by atoms with van der Waals surface area (Å²) in [7, 11) is 0. The molecule has 88 valence electrons. The SMILES string of the molecule is Fc1ccc(NCCC2CCCO2)cc1F. The van der Waals surface area contributed by atoms with Gasteiger partial charge in [-0.1, -0.05) is 0 Å². The lowest BCUT2D eigenvalue weighted by molar-refractivity contribution is 0.107. The highest BCUT2D eigenvalue weighted by molar-refractivity contribution is 5.43. The fraction of sp³-hybridized carbons (Fsp3) is 0.500. The molecular formula is C12H15F2NO. The zero-order valence-corrected chi connectivity index (χ0v) is 9.01. The Kier molecular flexibility index (Phi) is 3.72. The topological polar surface area (TPSA) is 21.3 Å². The average Bonchev–Trinajstić information content (AvgIpc) is 2.76. The highest BCUT2D eigenvalue weighted by atomic mass is 19.2. The molecule has 0 radical (unpaired) electrons. The quantitative estimate of drug-likeness (QED) is 0.853. The van der Waals surface area contributed by atoms with Crippen molar-refractivity contribution in [2.45, 2.75) is 25.4 Å². The summed E-state index contributed by atoms with van der Waals surface area (Å²) in [5.74, 6) is -1.63. The maximum Gasteiger partial charge on any atom is 0.160 e. The number of anilines is 1. The molecule has 16 heavy (non-hydrogen) atoms. The van der Waals surface area contributed by atoms with E-state index in [1.807, 2.05) is 0 Å². The summed E-state index contributed by atoms with van der Waals surface area (Å²) in [5, 5.41) is 3.05. The van der Waals surface area contributed by atoms with Crippen molar-refractivity contribution in [3.63, 3.8) is 0 Å². The molecule has 1 aromatic carbocycles. The minimum atomic E-state index is -0.817. The molecule has 1 atom stereocenters. The van der Waals surface area contributed by atoms with Crippen LogP contribution in [-0.4, -0.2) is 19.3 Å². The van der Waals surface area contributed by atoms with Gasteiger partial charge in [-0.2, -0.15) is 0 Å². The molecule has 0 aliphatic carbocycles. The van der Waals surface area contributed by atoms with E-state index in [2.05, 4.69) is 5.32 Å². The van der Waals surface area contributed by atoms with Gasteiger partial charge in [0.05, 0.1) is 6.10 Å². The van der Waals surface area contributed by atoms with Crippen molar-refractivity contribution in [1.82, 2.24) is 0 Å². The number of rotatable bonds is 4. The van der Waals surface area contributed by atoms with Crippen LogP contribution in [0.25, 0.3) is 0 Å². The average molecular weight is 227 g/mol. The first-order valence-electron chi connectivity index (χ1n) is 5.56. The Morgan fingerprint density at radius 2 is 2.19 bits per heavy atom. The molecular weight excluding hydrogens is 212 g/mol. The van der Waals surface area contributed by atoms with Crippen LogP contribution in [-0.2, 0) is 4.74 Å². The van der Waals surface area contributed by atoms with Gasteiger partial charge >= 0.3 is 0 Å². The highest BCUT2D eigenvalue weighted by Crippen LogP contribution is 2.16. The number of benzene rings is 1. The molecule has 1 saturated heterocycles. The lowest BCUT2D eigenvalue weighted by Gasteiger charge is -2.11. The summed E-state index contributed by atoms with van der Waals surface area (Å²) in [4.78, 5) is 0. The lowest BCUT2D eigenvalue weighted by atomic mass is 10.2. The van der Waals surface area contributed by atoms with Crippen molar-refractivity contribution >= 4 is 5.69 Å². The molecule has 4 heteroatoms. The minimum Gasteiger partial charge on any atom is -0.385 e. The molecule has 1 unspecified atom stereocenters. The molecule has 0 saturated carbocycles. The fourth-order valence-electron chi connectivity index (χ4n) is 1.86. The van der Waals surface area contributed by atoms with Crippen molar-refractivity contribution in [2.24, 2.45) is 0 Å². The Morgan fingerprint density at radius 1 is 1.31 bits per heavy atom. The third-order valence-electron chi connectivity index (χ3n) is 2.74. The van der Waals surface area contributed by atoms with Gasteiger partial charge in [0.2, 0.25) is 0 Å². The molecule has 0 amide bonds. The lowest BCUT2D eigenvalue weighted by Crippen LogP contribution is -2.12. The zero-order chi connectivity index (χ0) is 11.4.